The van der Waals surface area contributed by atoms with Gasteiger partial charge in [0.25, 0.3) is 0 Å². The summed E-state index contributed by atoms with van der Waals surface area (Å²) in [5.74, 6) is 1.10. The van der Waals surface area contributed by atoms with Gasteiger partial charge in [-0.25, -0.2) is 5.01 Å². The molecule has 1 heterocycles. The number of nitrogens with one attached hydrogen (secondary N) is 1. The first-order chi connectivity index (χ1) is 6.22. The zero-order chi connectivity index (χ0) is 9.42. The Morgan fingerprint density at radius 3 is 2.62 bits per heavy atom. The first kappa shape index (κ1) is 9.40. The van der Waals surface area contributed by atoms with Crippen LogP contribution in [0, 0.1) is 11.8 Å². The quantitative estimate of drug-likeness (QED) is 0.524. The van der Waals surface area contributed by atoms with E-state index in [1.807, 2.05) is 7.05 Å². The fraction of sp³-hybridized carbons (Fsp3) is 1.00. The second-order valence-electron chi connectivity index (χ2n) is 4.28. The number of hydrazine groups is 1. The number of aliphatic hydroxyl groups excluding tert-OH is 1. The van der Waals surface area contributed by atoms with Crippen molar-refractivity contribution in [3.8, 4) is 0 Å². The van der Waals surface area contributed by atoms with Crippen molar-refractivity contribution in [3.05, 3.63) is 0 Å². The number of rotatable bonds is 2. The van der Waals surface area contributed by atoms with Gasteiger partial charge in [0.15, 0.2) is 0 Å². The van der Waals surface area contributed by atoms with Crippen LogP contribution < -0.4 is 11.2 Å². The predicted octanol–water partition coefficient (Wildman–Crippen LogP) is -0.849. The van der Waals surface area contributed by atoms with Crippen LogP contribution in [0.2, 0.25) is 0 Å². The van der Waals surface area contributed by atoms with E-state index in [0.717, 1.165) is 19.0 Å². The molecule has 0 amide bonds. The number of piperidine rings is 1. The molecule has 2 rings (SSSR count). The molecule has 76 valence electrons. The Kier molecular flexibility index (Phi) is 2.55. The number of hydrogen-bond donors (Lipinski definition) is 3. The van der Waals surface area contributed by atoms with E-state index in [9.17, 15) is 5.11 Å². The molecule has 0 spiro atoms. The summed E-state index contributed by atoms with van der Waals surface area (Å²) in [5, 5.41) is 12.0. The van der Waals surface area contributed by atoms with E-state index in [1.165, 1.54) is 12.8 Å². The lowest BCUT2D eigenvalue weighted by molar-refractivity contribution is -0.0150. The van der Waals surface area contributed by atoms with Gasteiger partial charge in [-0.05, 0) is 25.8 Å². The topological polar surface area (TPSA) is 61.5 Å². The van der Waals surface area contributed by atoms with E-state index in [0.29, 0.717) is 5.92 Å². The van der Waals surface area contributed by atoms with Crippen LogP contribution in [0.4, 0.5) is 0 Å². The maximum atomic E-state index is 9.88. The monoisotopic (exact) mass is 185 g/mol. The SMILES string of the molecule is CNN1CC(N)C(O)C(C2CC2)C1. The van der Waals surface area contributed by atoms with E-state index in [1.54, 1.807) is 0 Å². The molecule has 0 aromatic heterocycles. The summed E-state index contributed by atoms with van der Waals surface area (Å²) in [5.41, 5.74) is 8.98. The Hall–Kier alpha value is -0.160. The summed E-state index contributed by atoms with van der Waals surface area (Å²) in [6.07, 6.45) is 2.25. The highest BCUT2D eigenvalue weighted by atomic mass is 16.3. The molecule has 0 aromatic rings. The number of aliphatic hydroxyl groups is 1. The highest BCUT2D eigenvalue weighted by molar-refractivity contribution is 4.95. The van der Waals surface area contributed by atoms with Gasteiger partial charge in [-0.2, -0.15) is 0 Å². The van der Waals surface area contributed by atoms with Gasteiger partial charge >= 0.3 is 0 Å². The van der Waals surface area contributed by atoms with Gasteiger partial charge in [-0.1, -0.05) is 0 Å². The van der Waals surface area contributed by atoms with Crippen molar-refractivity contribution in [2.75, 3.05) is 20.1 Å². The second-order valence-corrected chi connectivity index (χ2v) is 4.28. The van der Waals surface area contributed by atoms with Gasteiger partial charge in [0.1, 0.15) is 0 Å². The summed E-state index contributed by atoms with van der Waals surface area (Å²) >= 11 is 0. The minimum atomic E-state index is -0.294. The Labute approximate surface area is 79.1 Å². The number of nitrogens with zero attached hydrogens (tertiary/aromatic N) is 1. The van der Waals surface area contributed by atoms with Gasteiger partial charge in [0, 0.05) is 25.0 Å². The molecule has 0 aromatic carbocycles. The molecule has 0 radical (unpaired) electrons. The van der Waals surface area contributed by atoms with E-state index in [-0.39, 0.29) is 12.1 Å². The first-order valence-corrected chi connectivity index (χ1v) is 5.08. The van der Waals surface area contributed by atoms with Crippen LogP contribution in [0.5, 0.6) is 0 Å². The van der Waals surface area contributed by atoms with Gasteiger partial charge in [-0.3, -0.25) is 5.43 Å². The summed E-state index contributed by atoms with van der Waals surface area (Å²) < 4.78 is 0. The van der Waals surface area contributed by atoms with Crippen LogP contribution in [0.1, 0.15) is 12.8 Å². The highest BCUT2D eigenvalue weighted by Gasteiger charge is 2.42. The normalized spacial score (nSPS) is 42.2. The predicted molar refractivity (Wildman–Crippen MR) is 50.8 cm³/mol. The molecular formula is C9H19N3O. The van der Waals surface area contributed by atoms with Crippen LogP contribution >= 0.6 is 0 Å². The van der Waals surface area contributed by atoms with Crippen molar-refractivity contribution in [3.63, 3.8) is 0 Å². The van der Waals surface area contributed by atoms with Crippen molar-refractivity contribution in [2.45, 2.75) is 25.0 Å². The lowest BCUT2D eigenvalue weighted by Gasteiger charge is -2.39. The van der Waals surface area contributed by atoms with Crippen molar-refractivity contribution in [1.29, 1.82) is 0 Å². The molecular weight excluding hydrogens is 166 g/mol. The van der Waals surface area contributed by atoms with E-state index >= 15 is 0 Å². The van der Waals surface area contributed by atoms with Crippen molar-refractivity contribution in [1.82, 2.24) is 10.4 Å². The Morgan fingerprint density at radius 1 is 1.38 bits per heavy atom. The van der Waals surface area contributed by atoms with E-state index in [2.05, 4.69) is 10.4 Å². The van der Waals surface area contributed by atoms with Gasteiger partial charge in [0.2, 0.25) is 0 Å². The fourth-order valence-electron chi connectivity index (χ4n) is 2.25. The zero-order valence-corrected chi connectivity index (χ0v) is 8.11. The lowest BCUT2D eigenvalue weighted by atomic mass is 9.88. The minimum Gasteiger partial charge on any atom is -0.391 e. The Morgan fingerprint density at radius 2 is 2.08 bits per heavy atom. The Balaban J connectivity index is 1.98. The van der Waals surface area contributed by atoms with Crippen LogP contribution in [-0.4, -0.2) is 42.4 Å². The summed E-state index contributed by atoms with van der Waals surface area (Å²) in [6, 6.07) is -0.0909. The smallest absolute Gasteiger partial charge is 0.0747 e. The molecule has 1 saturated carbocycles. The zero-order valence-electron chi connectivity index (χ0n) is 8.11. The third kappa shape index (κ3) is 1.86. The van der Waals surface area contributed by atoms with Gasteiger partial charge < -0.3 is 10.8 Å². The molecule has 1 aliphatic heterocycles. The molecule has 4 heteroatoms. The van der Waals surface area contributed by atoms with Crippen molar-refractivity contribution < 1.29 is 5.11 Å². The number of hydrogen-bond acceptors (Lipinski definition) is 4. The maximum Gasteiger partial charge on any atom is 0.0747 e. The molecule has 2 fully saturated rings. The first-order valence-electron chi connectivity index (χ1n) is 5.08. The summed E-state index contributed by atoms with van der Waals surface area (Å²) in [6.45, 7) is 1.69. The molecule has 1 aliphatic carbocycles. The standard InChI is InChI=1S/C9H19N3O/c1-11-12-4-7(6-2-3-6)9(13)8(10)5-12/h6-9,11,13H,2-5,10H2,1H3. The third-order valence-corrected chi connectivity index (χ3v) is 3.28. The minimum absolute atomic E-state index is 0.0909. The number of nitrogens with two attached hydrogens (primary N) is 1. The fourth-order valence-corrected chi connectivity index (χ4v) is 2.25. The van der Waals surface area contributed by atoms with E-state index < -0.39 is 0 Å². The average Bonchev–Trinajstić information content (AvgIpc) is 2.92. The van der Waals surface area contributed by atoms with E-state index in [4.69, 9.17) is 5.73 Å². The lowest BCUT2D eigenvalue weighted by Crippen LogP contribution is -2.59. The molecule has 0 bridgehead atoms. The van der Waals surface area contributed by atoms with Crippen LogP contribution in [0.25, 0.3) is 0 Å². The van der Waals surface area contributed by atoms with Gasteiger partial charge in [0.05, 0.1) is 6.10 Å². The molecule has 2 aliphatic rings. The summed E-state index contributed by atoms with van der Waals surface area (Å²) in [4.78, 5) is 0. The molecule has 1 saturated heterocycles. The third-order valence-electron chi connectivity index (χ3n) is 3.28. The second kappa shape index (κ2) is 3.53. The van der Waals surface area contributed by atoms with Crippen molar-refractivity contribution >= 4 is 0 Å². The summed E-state index contributed by atoms with van der Waals surface area (Å²) in [7, 11) is 1.91. The molecule has 4 nitrogen and oxygen atoms in total. The molecule has 3 atom stereocenters. The van der Waals surface area contributed by atoms with Gasteiger partial charge in [-0.15, -0.1) is 0 Å². The molecule has 13 heavy (non-hydrogen) atoms. The average molecular weight is 185 g/mol. The Bertz CT molecular complexity index is 184. The van der Waals surface area contributed by atoms with Crippen LogP contribution in [0.15, 0.2) is 0 Å². The van der Waals surface area contributed by atoms with Crippen molar-refractivity contribution in [2.24, 2.45) is 17.6 Å². The molecule has 4 N–H and O–H groups in total. The maximum absolute atomic E-state index is 9.88. The highest BCUT2D eigenvalue weighted by Crippen LogP contribution is 2.40. The molecule has 3 unspecified atom stereocenters. The van der Waals surface area contributed by atoms with Crippen LogP contribution in [-0.2, 0) is 0 Å². The largest absolute Gasteiger partial charge is 0.391 e. The van der Waals surface area contributed by atoms with Crippen LogP contribution in [0.3, 0.4) is 0 Å².